The second-order valence-electron chi connectivity index (χ2n) is 6.85. The van der Waals surface area contributed by atoms with Gasteiger partial charge in [0.15, 0.2) is 11.6 Å². The monoisotopic (exact) mass is 490 g/mol. The lowest BCUT2D eigenvalue weighted by Gasteiger charge is -2.14. The number of carbonyl (C=O) groups is 1. The summed E-state index contributed by atoms with van der Waals surface area (Å²) in [4.78, 5) is 23.0. The van der Waals surface area contributed by atoms with Crippen molar-refractivity contribution in [1.82, 2.24) is 9.97 Å². The minimum atomic E-state index is -0.262. The fourth-order valence-corrected chi connectivity index (χ4v) is 4.04. The molecule has 7 heteroatoms. The first-order chi connectivity index (χ1) is 15.0. The number of nitrogens with two attached hydrogens (primary N) is 1. The van der Waals surface area contributed by atoms with Gasteiger partial charge in [-0.1, -0.05) is 75.7 Å². The third kappa shape index (κ3) is 5.13. The Hall–Kier alpha value is -3.16. The molecular formula is C24H19BrN4OS. The van der Waals surface area contributed by atoms with Crippen molar-refractivity contribution in [2.45, 2.75) is 16.8 Å². The Bertz CT molecular complexity index is 1210. The van der Waals surface area contributed by atoms with Gasteiger partial charge in [-0.15, -0.1) is 0 Å². The first-order valence-electron chi connectivity index (χ1n) is 9.54. The molecule has 0 aliphatic heterocycles. The highest BCUT2D eigenvalue weighted by Gasteiger charge is 2.18. The summed E-state index contributed by atoms with van der Waals surface area (Å²) in [6.07, 6.45) is 0. The molecule has 4 aromatic rings. The van der Waals surface area contributed by atoms with Crippen LogP contribution < -0.4 is 11.1 Å². The van der Waals surface area contributed by atoms with E-state index in [1.165, 1.54) is 11.8 Å². The Morgan fingerprint density at radius 3 is 2.29 bits per heavy atom. The lowest BCUT2D eigenvalue weighted by molar-refractivity contribution is 0.102. The van der Waals surface area contributed by atoms with Gasteiger partial charge in [-0.05, 0) is 43.3 Å². The van der Waals surface area contributed by atoms with Gasteiger partial charge in [-0.2, -0.15) is 0 Å². The molecule has 0 radical (unpaired) electrons. The second-order valence-corrected chi connectivity index (χ2v) is 8.83. The van der Waals surface area contributed by atoms with Crippen LogP contribution in [0.1, 0.15) is 15.9 Å². The highest BCUT2D eigenvalue weighted by molar-refractivity contribution is 9.10. The van der Waals surface area contributed by atoms with Crippen LogP contribution in [0.2, 0.25) is 0 Å². The third-order valence-electron chi connectivity index (χ3n) is 4.52. The summed E-state index contributed by atoms with van der Waals surface area (Å²) in [7, 11) is 0. The van der Waals surface area contributed by atoms with Gasteiger partial charge in [-0.25, -0.2) is 9.97 Å². The van der Waals surface area contributed by atoms with E-state index in [9.17, 15) is 4.79 Å². The van der Waals surface area contributed by atoms with E-state index in [0.717, 1.165) is 20.5 Å². The molecule has 1 heterocycles. The number of carbonyl (C=O) groups excluding carboxylic acids is 1. The molecule has 5 nitrogen and oxygen atoms in total. The lowest BCUT2D eigenvalue weighted by Crippen LogP contribution is -2.15. The van der Waals surface area contributed by atoms with Crippen LogP contribution in [0.4, 0.5) is 11.5 Å². The summed E-state index contributed by atoms with van der Waals surface area (Å²) in [6.45, 7) is 1.98. The number of aryl methyl sites for hydroxylation is 1. The van der Waals surface area contributed by atoms with E-state index in [1.54, 1.807) is 12.1 Å². The molecule has 154 valence electrons. The normalized spacial score (nSPS) is 10.6. The van der Waals surface area contributed by atoms with Crippen molar-refractivity contribution in [3.05, 3.63) is 94.5 Å². The SMILES string of the molecule is Cc1ccc(C(=O)Nc2c(N)nc(-c3ccc(Br)cc3)nc2Sc2ccccc2)cc1. The van der Waals surface area contributed by atoms with Crippen molar-refractivity contribution in [1.29, 1.82) is 0 Å². The largest absolute Gasteiger partial charge is 0.382 e. The van der Waals surface area contributed by atoms with Gasteiger partial charge in [0.1, 0.15) is 10.7 Å². The molecule has 0 aliphatic rings. The summed E-state index contributed by atoms with van der Waals surface area (Å²) in [6, 6.07) is 24.8. The van der Waals surface area contributed by atoms with Crippen LogP contribution >= 0.6 is 27.7 Å². The van der Waals surface area contributed by atoms with Gasteiger partial charge in [0.05, 0.1) is 0 Å². The number of hydrogen-bond donors (Lipinski definition) is 2. The number of hydrogen-bond acceptors (Lipinski definition) is 5. The van der Waals surface area contributed by atoms with Crippen LogP contribution in [0.5, 0.6) is 0 Å². The molecule has 3 aromatic carbocycles. The van der Waals surface area contributed by atoms with Crippen LogP contribution in [0.25, 0.3) is 11.4 Å². The summed E-state index contributed by atoms with van der Waals surface area (Å²) in [5.41, 5.74) is 9.16. The molecule has 0 atom stereocenters. The molecule has 0 aliphatic carbocycles. The Morgan fingerprint density at radius 2 is 1.61 bits per heavy atom. The summed E-state index contributed by atoms with van der Waals surface area (Å²) in [5, 5.41) is 3.49. The molecule has 0 bridgehead atoms. The van der Waals surface area contributed by atoms with E-state index < -0.39 is 0 Å². The fourth-order valence-electron chi connectivity index (χ4n) is 2.87. The average molecular weight is 491 g/mol. The summed E-state index contributed by atoms with van der Waals surface area (Å²) < 4.78 is 0.963. The Kier molecular flexibility index (Phi) is 6.34. The molecule has 3 N–H and O–H groups in total. The smallest absolute Gasteiger partial charge is 0.255 e. The molecule has 4 rings (SSSR count). The van der Waals surface area contributed by atoms with Gasteiger partial charge in [-0.3, -0.25) is 4.79 Å². The standard InChI is InChI=1S/C24H19BrN4OS/c1-15-7-9-17(10-8-15)23(30)27-20-21(26)28-22(16-11-13-18(25)14-12-16)29-24(20)31-19-5-3-2-4-6-19/h2-14H,1H3,(H,27,30)(H2,26,28,29). The summed E-state index contributed by atoms with van der Waals surface area (Å²) in [5.74, 6) is 0.449. The number of benzene rings is 3. The first-order valence-corrected chi connectivity index (χ1v) is 11.1. The highest BCUT2D eigenvalue weighted by atomic mass is 79.9. The van der Waals surface area contributed by atoms with Crippen LogP contribution in [-0.4, -0.2) is 15.9 Å². The topological polar surface area (TPSA) is 80.9 Å². The van der Waals surface area contributed by atoms with E-state index in [4.69, 9.17) is 10.7 Å². The number of amides is 1. The zero-order chi connectivity index (χ0) is 21.8. The van der Waals surface area contributed by atoms with Crippen molar-refractivity contribution < 1.29 is 4.79 Å². The molecule has 0 spiro atoms. The molecule has 0 unspecified atom stereocenters. The maximum absolute atomic E-state index is 12.8. The van der Waals surface area contributed by atoms with Gasteiger partial charge in [0.25, 0.3) is 5.91 Å². The highest BCUT2D eigenvalue weighted by Crippen LogP contribution is 2.36. The quantitative estimate of drug-likeness (QED) is 0.325. The number of halogens is 1. The number of rotatable bonds is 5. The molecule has 31 heavy (non-hydrogen) atoms. The predicted octanol–water partition coefficient (Wildman–Crippen LogP) is 6.20. The summed E-state index contributed by atoms with van der Waals surface area (Å²) >= 11 is 4.86. The number of nitrogens with zero attached hydrogens (tertiary/aromatic N) is 2. The van der Waals surface area contributed by atoms with E-state index >= 15 is 0 Å². The Balaban J connectivity index is 1.74. The third-order valence-corrected chi connectivity index (χ3v) is 6.04. The average Bonchev–Trinajstić information content (AvgIpc) is 2.77. The van der Waals surface area contributed by atoms with Crippen molar-refractivity contribution in [2.24, 2.45) is 0 Å². The van der Waals surface area contributed by atoms with Gasteiger partial charge >= 0.3 is 0 Å². The zero-order valence-corrected chi connectivity index (χ0v) is 19.1. The molecule has 1 amide bonds. The second kappa shape index (κ2) is 9.32. The lowest BCUT2D eigenvalue weighted by atomic mass is 10.1. The number of nitrogens with one attached hydrogen (secondary N) is 1. The molecule has 0 fully saturated rings. The molecular weight excluding hydrogens is 472 g/mol. The number of nitrogen functional groups attached to an aromatic ring is 1. The Morgan fingerprint density at radius 1 is 0.935 bits per heavy atom. The van der Waals surface area contributed by atoms with Crippen LogP contribution in [0, 0.1) is 6.92 Å². The maximum atomic E-state index is 12.8. The van der Waals surface area contributed by atoms with Gasteiger partial charge in [0.2, 0.25) is 0 Å². The Labute approximate surface area is 193 Å². The predicted molar refractivity (Wildman–Crippen MR) is 129 cm³/mol. The minimum Gasteiger partial charge on any atom is -0.382 e. The maximum Gasteiger partial charge on any atom is 0.255 e. The number of aromatic nitrogens is 2. The van der Waals surface area contributed by atoms with E-state index in [0.29, 0.717) is 22.1 Å². The van der Waals surface area contributed by atoms with Crippen molar-refractivity contribution in [3.8, 4) is 11.4 Å². The van der Waals surface area contributed by atoms with Gasteiger partial charge in [0, 0.05) is 20.5 Å². The number of anilines is 2. The van der Waals surface area contributed by atoms with E-state index in [1.807, 2.05) is 73.7 Å². The van der Waals surface area contributed by atoms with Crippen molar-refractivity contribution >= 4 is 45.1 Å². The van der Waals surface area contributed by atoms with E-state index in [2.05, 4.69) is 26.2 Å². The van der Waals surface area contributed by atoms with Crippen molar-refractivity contribution in [3.63, 3.8) is 0 Å². The van der Waals surface area contributed by atoms with Crippen molar-refractivity contribution in [2.75, 3.05) is 11.1 Å². The molecule has 1 aromatic heterocycles. The first kappa shape index (κ1) is 21.1. The fraction of sp³-hybridized carbons (Fsp3) is 0.0417. The zero-order valence-electron chi connectivity index (χ0n) is 16.7. The minimum absolute atomic E-state index is 0.215. The van der Waals surface area contributed by atoms with Gasteiger partial charge < -0.3 is 11.1 Å². The van der Waals surface area contributed by atoms with Crippen LogP contribution in [-0.2, 0) is 0 Å². The molecule has 0 saturated carbocycles. The van der Waals surface area contributed by atoms with Crippen LogP contribution in [0.15, 0.2) is 93.3 Å². The molecule has 0 saturated heterocycles. The van der Waals surface area contributed by atoms with E-state index in [-0.39, 0.29) is 11.7 Å². The van der Waals surface area contributed by atoms with Crippen LogP contribution in [0.3, 0.4) is 0 Å².